The molecule has 0 spiro atoms. The molecule has 1 fully saturated rings. The molecule has 0 unspecified atom stereocenters. The Bertz CT molecular complexity index is 1260. The number of nitriles is 1. The van der Waals surface area contributed by atoms with Crippen molar-refractivity contribution in [1.82, 2.24) is 9.88 Å². The minimum Gasteiger partial charge on any atom is -0.393 e. The molecule has 0 aliphatic carbocycles. The number of anilines is 1. The molecule has 0 bridgehead atoms. The van der Waals surface area contributed by atoms with Crippen LogP contribution in [0.1, 0.15) is 54.3 Å². The normalized spacial score (nSPS) is 18.6. The molecule has 3 N–H and O–H groups in total. The predicted octanol–water partition coefficient (Wildman–Crippen LogP) is 4.18. The minimum atomic E-state index is -1.13. The fourth-order valence-corrected chi connectivity index (χ4v) is 5.19. The predicted molar refractivity (Wildman–Crippen MR) is 149 cm³/mol. The summed E-state index contributed by atoms with van der Waals surface area (Å²) in [5.41, 5.74) is 3.73. The highest BCUT2D eigenvalue weighted by molar-refractivity contribution is 6.30. The highest BCUT2D eigenvalue weighted by atomic mass is 35.5. The summed E-state index contributed by atoms with van der Waals surface area (Å²) < 4.78 is 0. The summed E-state index contributed by atoms with van der Waals surface area (Å²) in [4.78, 5) is 8.74. The number of hydrogen-bond donors (Lipinski definition) is 3. The van der Waals surface area contributed by atoms with E-state index in [0.29, 0.717) is 60.9 Å². The van der Waals surface area contributed by atoms with Crippen LogP contribution in [0.15, 0.2) is 60.8 Å². The van der Waals surface area contributed by atoms with Gasteiger partial charge in [-0.1, -0.05) is 35.9 Å². The molecule has 3 aromatic rings. The number of hydrogen-bond acceptors (Lipinski definition) is 7. The first kappa shape index (κ1) is 28.0. The Morgan fingerprint density at radius 1 is 1.16 bits per heavy atom. The standard InChI is InChI=1S/C30H35ClN4O3/c1-21(37)3-4-22-5-12-28(24(15-22)16-32)35-14-13-34(18-29(35)23-6-9-26(31)10-7-23)20-30(2,38)25-8-11-27(19-36)33-17-25/h5-12,15,17,21,29,36-38H,3-4,13-14,18-20H2,1-2H3/t21-,29-,30+/m0/s1. The average Bonchev–Trinajstić information content (AvgIpc) is 2.92. The lowest BCUT2D eigenvalue weighted by Gasteiger charge is -2.45. The lowest BCUT2D eigenvalue weighted by molar-refractivity contribution is 0.00996. The van der Waals surface area contributed by atoms with E-state index in [1.54, 1.807) is 26.1 Å². The lowest BCUT2D eigenvalue weighted by atomic mass is 9.94. The Kier molecular flexibility index (Phi) is 9.03. The maximum Gasteiger partial charge on any atom is 0.101 e. The van der Waals surface area contributed by atoms with Gasteiger partial charge in [0.05, 0.1) is 35.7 Å². The van der Waals surface area contributed by atoms with Crippen LogP contribution < -0.4 is 4.90 Å². The van der Waals surface area contributed by atoms with Gasteiger partial charge < -0.3 is 20.2 Å². The van der Waals surface area contributed by atoms with Gasteiger partial charge in [-0.3, -0.25) is 9.88 Å². The SMILES string of the molecule is C[C@H](O)CCc1ccc(N2CCN(C[C@@](C)(O)c3ccc(CO)nc3)C[C@H]2c2ccc(Cl)cc2)c(C#N)c1. The molecule has 0 radical (unpaired) electrons. The molecule has 2 aromatic carbocycles. The molecular formula is C30H35ClN4O3. The molecule has 1 saturated heterocycles. The largest absolute Gasteiger partial charge is 0.393 e. The van der Waals surface area contributed by atoms with Crippen LogP contribution in [0, 0.1) is 11.3 Å². The topological polar surface area (TPSA) is 104 Å². The maximum absolute atomic E-state index is 11.3. The van der Waals surface area contributed by atoms with Gasteiger partial charge in [0.15, 0.2) is 0 Å². The number of aromatic nitrogens is 1. The first-order valence-corrected chi connectivity index (χ1v) is 13.3. The van der Waals surface area contributed by atoms with Gasteiger partial charge in [-0.2, -0.15) is 5.26 Å². The van der Waals surface area contributed by atoms with Gasteiger partial charge in [-0.05, 0) is 68.1 Å². The fraction of sp³-hybridized carbons (Fsp3) is 0.400. The molecule has 1 aliphatic heterocycles. The van der Waals surface area contributed by atoms with Gasteiger partial charge in [-0.15, -0.1) is 0 Å². The fourth-order valence-electron chi connectivity index (χ4n) is 5.06. The molecule has 38 heavy (non-hydrogen) atoms. The van der Waals surface area contributed by atoms with E-state index in [0.717, 1.165) is 16.8 Å². The van der Waals surface area contributed by atoms with Crippen molar-refractivity contribution in [3.63, 3.8) is 0 Å². The third-order valence-corrected chi connectivity index (χ3v) is 7.45. The van der Waals surface area contributed by atoms with Gasteiger partial charge in [-0.25, -0.2) is 0 Å². The van der Waals surface area contributed by atoms with Crippen LogP contribution in [0.2, 0.25) is 5.02 Å². The van der Waals surface area contributed by atoms with Crippen molar-refractivity contribution >= 4 is 17.3 Å². The van der Waals surface area contributed by atoms with Crippen molar-refractivity contribution in [1.29, 1.82) is 5.26 Å². The van der Waals surface area contributed by atoms with E-state index in [1.165, 1.54) is 0 Å². The van der Waals surface area contributed by atoms with Crippen LogP contribution in [0.25, 0.3) is 0 Å². The lowest BCUT2D eigenvalue weighted by Crippen LogP contribution is -2.52. The van der Waals surface area contributed by atoms with Crippen molar-refractivity contribution in [2.24, 2.45) is 0 Å². The van der Waals surface area contributed by atoms with Crippen LogP contribution in [-0.2, 0) is 18.6 Å². The van der Waals surface area contributed by atoms with Gasteiger partial charge >= 0.3 is 0 Å². The quantitative estimate of drug-likeness (QED) is 0.378. The summed E-state index contributed by atoms with van der Waals surface area (Å²) in [6.07, 6.45) is 2.60. The number of aliphatic hydroxyl groups excluding tert-OH is 2. The number of pyridine rings is 1. The van der Waals surface area contributed by atoms with Gasteiger partial charge in [0.25, 0.3) is 0 Å². The monoisotopic (exact) mass is 534 g/mol. The number of aliphatic hydroxyl groups is 3. The summed E-state index contributed by atoms with van der Waals surface area (Å²) >= 11 is 6.19. The number of halogens is 1. The van der Waals surface area contributed by atoms with E-state index in [-0.39, 0.29) is 18.8 Å². The van der Waals surface area contributed by atoms with Crippen LogP contribution in [0.3, 0.4) is 0 Å². The van der Waals surface area contributed by atoms with Crippen LogP contribution in [0.4, 0.5) is 5.69 Å². The number of β-amino-alcohol motifs (C(OH)–C–C–N with tert-alkyl or cyclic N) is 1. The molecule has 200 valence electrons. The van der Waals surface area contributed by atoms with E-state index in [1.807, 2.05) is 48.5 Å². The molecule has 7 nitrogen and oxygen atoms in total. The van der Waals surface area contributed by atoms with Crippen molar-refractivity contribution < 1.29 is 15.3 Å². The highest BCUT2D eigenvalue weighted by Gasteiger charge is 2.34. The van der Waals surface area contributed by atoms with E-state index in [2.05, 4.69) is 20.9 Å². The molecule has 2 heterocycles. The molecule has 8 heteroatoms. The molecular weight excluding hydrogens is 500 g/mol. The van der Waals surface area contributed by atoms with Crippen LogP contribution >= 0.6 is 11.6 Å². The second-order valence-electron chi connectivity index (χ2n) is 10.3. The summed E-state index contributed by atoms with van der Waals surface area (Å²) in [5.74, 6) is 0. The average molecular weight is 535 g/mol. The van der Waals surface area contributed by atoms with E-state index < -0.39 is 5.60 Å². The summed E-state index contributed by atoms with van der Waals surface area (Å²) in [6, 6.07) is 19.6. The Hall–Kier alpha value is -2.99. The van der Waals surface area contributed by atoms with E-state index in [4.69, 9.17) is 11.6 Å². The zero-order valence-corrected chi connectivity index (χ0v) is 22.6. The number of piperazine rings is 1. The third kappa shape index (κ3) is 6.71. The van der Waals surface area contributed by atoms with Crippen molar-refractivity contribution in [3.05, 3.63) is 93.8 Å². The summed E-state index contributed by atoms with van der Waals surface area (Å²) in [5, 5.41) is 41.0. The molecule has 1 aliphatic rings. The second kappa shape index (κ2) is 12.2. The van der Waals surface area contributed by atoms with Gasteiger partial charge in [0.1, 0.15) is 11.7 Å². The Morgan fingerprint density at radius 3 is 2.55 bits per heavy atom. The Labute approximate surface area is 229 Å². The molecule has 4 rings (SSSR count). The first-order chi connectivity index (χ1) is 18.2. The number of benzene rings is 2. The summed E-state index contributed by atoms with van der Waals surface area (Å²) in [6.45, 7) is 5.85. The Balaban J connectivity index is 1.60. The van der Waals surface area contributed by atoms with Crippen molar-refractivity contribution in [2.75, 3.05) is 31.1 Å². The minimum absolute atomic E-state index is 0.0536. The molecule has 3 atom stereocenters. The zero-order valence-electron chi connectivity index (χ0n) is 21.9. The maximum atomic E-state index is 11.3. The second-order valence-corrected chi connectivity index (χ2v) is 10.8. The smallest absolute Gasteiger partial charge is 0.101 e. The number of aryl methyl sites for hydroxylation is 1. The third-order valence-electron chi connectivity index (χ3n) is 7.20. The van der Waals surface area contributed by atoms with Gasteiger partial charge in [0.2, 0.25) is 0 Å². The van der Waals surface area contributed by atoms with Crippen molar-refractivity contribution in [3.8, 4) is 6.07 Å². The highest BCUT2D eigenvalue weighted by Crippen LogP contribution is 2.35. The molecule has 1 aromatic heterocycles. The first-order valence-electron chi connectivity index (χ1n) is 12.9. The molecule has 0 saturated carbocycles. The van der Waals surface area contributed by atoms with Gasteiger partial charge in [0, 0.05) is 43.0 Å². The van der Waals surface area contributed by atoms with Crippen LogP contribution in [-0.4, -0.2) is 57.5 Å². The number of rotatable bonds is 9. The Morgan fingerprint density at radius 2 is 1.92 bits per heavy atom. The van der Waals surface area contributed by atoms with E-state index >= 15 is 0 Å². The van der Waals surface area contributed by atoms with E-state index in [9.17, 15) is 20.6 Å². The zero-order chi connectivity index (χ0) is 27.3. The molecule has 0 amide bonds. The van der Waals surface area contributed by atoms with Crippen LogP contribution in [0.5, 0.6) is 0 Å². The summed E-state index contributed by atoms with van der Waals surface area (Å²) in [7, 11) is 0. The number of nitrogens with zero attached hydrogens (tertiary/aromatic N) is 4. The van der Waals surface area contributed by atoms with Crippen molar-refractivity contribution in [2.45, 2.75) is 51.0 Å².